The van der Waals surface area contributed by atoms with E-state index in [9.17, 15) is 4.79 Å². The monoisotopic (exact) mass is 387 g/mol. The maximum Gasteiger partial charge on any atom is 0.275 e. The van der Waals surface area contributed by atoms with Gasteiger partial charge in [-0.15, -0.1) is 11.3 Å². The van der Waals surface area contributed by atoms with Crippen LogP contribution in [0.4, 0.5) is 16.8 Å². The van der Waals surface area contributed by atoms with Crippen LogP contribution in [0.1, 0.15) is 10.5 Å². The molecule has 0 saturated carbocycles. The zero-order chi connectivity index (χ0) is 19.2. The molecule has 0 aliphatic carbocycles. The summed E-state index contributed by atoms with van der Waals surface area (Å²) in [5.41, 5.74) is 0.746. The molecule has 1 amide bonds. The molecule has 27 heavy (non-hydrogen) atoms. The highest BCUT2D eigenvalue weighted by Gasteiger charge is 2.16. The van der Waals surface area contributed by atoms with Crippen molar-refractivity contribution in [1.29, 1.82) is 0 Å². The van der Waals surface area contributed by atoms with Crippen LogP contribution in [0.3, 0.4) is 0 Å². The maximum atomic E-state index is 12.5. The number of aromatic nitrogens is 3. The molecule has 0 aliphatic rings. The summed E-state index contributed by atoms with van der Waals surface area (Å²) in [5, 5.41) is 7.86. The molecule has 0 bridgehead atoms. The van der Waals surface area contributed by atoms with Crippen molar-refractivity contribution >= 4 is 34.0 Å². The van der Waals surface area contributed by atoms with E-state index in [4.69, 9.17) is 14.2 Å². The van der Waals surface area contributed by atoms with Crippen LogP contribution in [0.5, 0.6) is 17.2 Å². The number of anilines is 3. The fourth-order valence-corrected chi connectivity index (χ4v) is 2.93. The average molecular weight is 387 g/mol. The summed E-state index contributed by atoms with van der Waals surface area (Å²) in [6.07, 6.45) is 3.22. The number of ether oxygens (including phenoxy) is 3. The van der Waals surface area contributed by atoms with Crippen LogP contribution in [-0.2, 0) is 0 Å². The first-order chi connectivity index (χ1) is 13.1. The molecule has 0 unspecified atom stereocenters. The second-order valence-electron chi connectivity index (χ2n) is 5.10. The Morgan fingerprint density at radius 2 is 1.70 bits per heavy atom. The zero-order valence-corrected chi connectivity index (χ0v) is 15.7. The lowest BCUT2D eigenvalue weighted by Crippen LogP contribution is -2.13. The van der Waals surface area contributed by atoms with Gasteiger partial charge >= 0.3 is 0 Å². The Balaban J connectivity index is 1.76. The van der Waals surface area contributed by atoms with E-state index in [1.165, 1.54) is 32.7 Å². The maximum absolute atomic E-state index is 12.5. The molecule has 0 aliphatic heterocycles. The van der Waals surface area contributed by atoms with Crippen LogP contribution < -0.4 is 24.8 Å². The third-order valence-electron chi connectivity index (χ3n) is 3.44. The molecule has 9 nitrogen and oxygen atoms in total. The van der Waals surface area contributed by atoms with E-state index >= 15 is 0 Å². The lowest BCUT2D eigenvalue weighted by molar-refractivity contribution is 0.102. The molecule has 1 aromatic carbocycles. The lowest BCUT2D eigenvalue weighted by atomic mass is 10.2. The molecular weight excluding hydrogens is 370 g/mol. The quantitative estimate of drug-likeness (QED) is 0.637. The number of benzene rings is 1. The van der Waals surface area contributed by atoms with Gasteiger partial charge in [0.25, 0.3) is 5.91 Å². The minimum atomic E-state index is -0.373. The predicted octanol–water partition coefficient (Wildman–Crippen LogP) is 2.95. The van der Waals surface area contributed by atoms with E-state index in [1.807, 2.05) is 0 Å². The Morgan fingerprint density at radius 1 is 1.04 bits per heavy atom. The summed E-state index contributed by atoms with van der Waals surface area (Å²) in [4.78, 5) is 24.9. The summed E-state index contributed by atoms with van der Waals surface area (Å²) in [7, 11) is 4.53. The molecule has 0 fully saturated rings. The first kappa shape index (κ1) is 18.4. The third kappa shape index (κ3) is 4.23. The van der Waals surface area contributed by atoms with Gasteiger partial charge in [-0.3, -0.25) is 4.79 Å². The summed E-state index contributed by atoms with van der Waals surface area (Å²) in [6.45, 7) is 0. The average Bonchev–Trinajstić information content (AvgIpc) is 3.16. The first-order valence-corrected chi connectivity index (χ1v) is 8.63. The van der Waals surface area contributed by atoms with Gasteiger partial charge in [0.2, 0.25) is 11.7 Å². The molecule has 0 radical (unpaired) electrons. The Kier molecular flexibility index (Phi) is 5.67. The Bertz CT molecular complexity index is 907. The molecule has 10 heteroatoms. The summed E-state index contributed by atoms with van der Waals surface area (Å²) >= 11 is 1.27. The van der Waals surface area contributed by atoms with Crippen molar-refractivity contribution in [3.63, 3.8) is 0 Å². The number of hydrogen-bond donors (Lipinski definition) is 2. The van der Waals surface area contributed by atoms with E-state index in [1.54, 1.807) is 36.0 Å². The molecule has 140 valence electrons. The van der Waals surface area contributed by atoms with Gasteiger partial charge in [-0.25, -0.2) is 15.0 Å². The minimum absolute atomic E-state index is 0.257. The van der Waals surface area contributed by atoms with Gasteiger partial charge in [0.1, 0.15) is 5.69 Å². The van der Waals surface area contributed by atoms with Crippen molar-refractivity contribution in [2.75, 3.05) is 32.0 Å². The molecule has 2 heterocycles. The van der Waals surface area contributed by atoms with Crippen molar-refractivity contribution in [3.8, 4) is 17.2 Å². The highest BCUT2D eigenvalue weighted by atomic mass is 32.1. The Morgan fingerprint density at radius 3 is 2.30 bits per heavy atom. The second kappa shape index (κ2) is 8.32. The fraction of sp³-hybridized carbons (Fsp3) is 0.176. The first-order valence-electron chi connectivity index (χ1n) is 7.75. The van der Waals surface area contributed by atoms with Gasteiger partial charge in [0, 0.05) is 35.6 Å². The van der Waals surface area contributed by atoms with E-state index in [0.29, 0.717) is 34.0 Å². The van der Waals surface area contributed by atoms with Gasteiger partial charge < -0.3 is 24.8 Å². The van der Waals surface area contributed by atoms with Crippen LogP contribution in [0.2, 0.25) is 0 Å². The molecule has 0 atom stereocenters. The number of methoxy groups -OCH3 is 3. The topological polar surface area (TPSA) is 107 Å². The number of nitrogens with one attached hydrogen (secondary N) is 2. The molecule has 0 saturated heterocycles. The highest BCUT2D eigenvalue weighted by Crippen LogP contribution is 2.40. The molecule has 3 aromatic rings. The minimum Gasteiger partial charge on any atom is -0.493 e. The largest absolute Gasteiger partial charge is 0.493 e. The highest BCUT2D eigenvalue weighted by molar-refractivity contribution is 7.14. The number of amides is 1. The van der Waals surface area contributed by atoms with Crippen LogP contribution in [0.25, 0.3) is 0 Å². The zero-order valence-electron chi connectivity index (χ0n) is 14.8. The van der Waals surface area contributed by atoms with Crippen LogP contribution in [0, 0.1) is 0 Å². The number of nitrogens with zero attached hydrogens (tertiary/aromatic N) is 3. The van der Waals surface area contributed by atoms with Crippen molar-refractivity contribution < 1.29 is 19.0 Å². The molecule has 0 spiro atoms. The van der Waals surface area contributed by atoms with E-state index in [2.05, 4.69) is 25.6 Å². The fourth-order valence-electron chi connectivity index (χ4n) is 2.24. The van der Waals surface area contributed by atoms with Gasteiger partial charge in [-0.1, -0.05) is 0 Å². The number of carbonyl (C=O) groups is 1. The van der Waals surface area contributed by atoms with Crippen molar-refractivity contribution in [1.82, 2.24) is 15.0 Å². The Hall–Kier alpha value is -3.40. The van der Waals surface area contributed by atoms with Crippen LogP contribution >= 0.6 is 11.3 Å². The Labute approximate surface area is 159 Å². The molecule has 2 N–H and O–H groups in total. The third-order valence-corrected chi connectivity index (χ3v) is 4.20. The lowest BCUT2D eigenvalue weighted by Gasteiger charge is -2.14. The SMILES string of the molecule is COc1cc(NC(=O)c2csc(Nc3ncccn3)n2)cc(OC)c1OC. The second-order valence-corrected chi connectivity index (χ2v) is 5.96. The van der Waals surface area contributed by atoms with Crippen LogP contribution in [-0.4, -0.2) is 42.2 Å². The number of rotatable bonds is 7. The predicted molar refractivity (Wildman–Crippen MR) is 101 cm³/mol. The van der Waals surface area contributed by atoms with Crippen LogP contribution in [0.15, 0.2) is 36.0 Å². The molecular formula is C17H17N5O4S. The molecule has 2 aromatic heterocycles. The van der Waals surface area contributed by atoms with E-state index in [0.717, 1.165) is 0 Å². The number of hydrogen-bond acceptors (Lipinski definition) is 9. The van der Waals surface area contributed by atoms with E-state index < -0.39 is 0 Å². The van der Waals surface area contributed by atoms with Crippen molar-refractivity contribution in [3.05, 3.63) is 41.7 Å². The van der Waals surface area contributed by atoms with Gasteiger partial charge in [-0.05, 0) is 6.07 Å². The summed E-state index contributed by atoms with van der Waals surface area (Å²) in [5.74, 6) is 1.36. The van der Waals surface area contributed by atoms with Gasteiger partial charge in [0.15, 0.2) is 16.6 Å². The smallest absolute Gasteiger partial charge is 0.275 e. The number of thiazole rings is 1. The standard InChI is InChI=1S/C17H17N5O4S/c1-24-12-7-10(8-13(25-2)14(12)26-3)20-15(23)11-9-27-17(21-11)22-16-18-5-4-6-19-16/h4-9H,1-3H3,(H,20,23)(H,18,19,21,22). The molecule has 3 rings (SSSR count). The van der Waals surface area contributed by atoms with Gasteiger partial charge in [0.05, 0.1) is 21.3 Å². The van der Waals surface area contributed by atoms with E-state index in [-0.39, 0.29) is 11.6 Å². The van der Waals surface area contributed by atoms with Gasteiger partial charge in [-0.2, -0.15) is 0 Å². The summed E-state index contributed by atoms with van der Waals surface area (Å²) < 4.78 is 15.8. The van der Waals surface area contributed by atoms with Crippen molar-refractivity contribution in [2.45, 2.75) is 0 Å². The number of carbonyl (C=O) groups excluding carboxylic acids is 1. The summed E-state index contributed by atoms with van der Waals surface area (Å²) in [6, 6.07) is 4.99. The van der Waals surface area contributed by atoms with Crippen molar-refractivity contribution in [2.24, 2.45) is 0 Å². The normalized spacial score (nSPS) is 10.2.